The molecule has 0 atom stereocenters. The van der Waals surface area contributed by atoms with Gasteiger partial charge in [-0.25, -0.2) is 0 Å². The zero-order chi connectivity index (χ0) is 13.1. The Morgan fingerprint density at radius 1 is 1.00 bits per heavy atom. The highest BCUT2D eigenvalue weighted by Crippen LogP contribution is 2.11. The Hall–Kier alpha value is -0.773. The highest BCUT2D eigenvalue weighted by atomic mass is 32.2. The van der Waals surface area contributed by atoms with Crippen LogP contribution < -0.4 is 5.19 Å². The van der Waals surface area contributed by atoms with E-state index in [2.05, 4.69) is 0 Å². The van der Waals surface area contributed by atoms with Crippen molar-refractivity contribution >= 4 is 24.1 Å². The summed E-state index contributed by atoms with van der Waals surface area (Å²) in [6.45, 7) is 0. The summed E-state index contributed by atoms with van der Waals surface area (Å²) in [5.74, 6) is 0. The molecule has 1 aromatic carbocycles. The van der Waals surface area contributed by atoms with Crippen molar-refractivity contribution < 1.29 is 26.2 Å². The molecule has 0 aliphatic carbocycles. The van der Waals surface area contributed by atoms with Gasteiger partial charge >= 0.3 is 8.80 Å². The van der Waals surface area contributed by atoms with E-state index in [9.17, 15) is 8.42 Å². The predicted octanol–water partition coefficient (Wildman–Crippen LogP) is 0.0184. The zero-order valence-corrected chi connectivity index (χ0v) is 11.5. The van der Waals surface area contributed by atoms with E-state index in [1.807, 2.05) is 0 Å². The van der Waals surface area contributed by atoms with Crippen LogP contribution in [0.15, 0.2) is 29.2 Å². The van der Waals surface area contributed by atoms with Gasteiger partial charge in [0.25, 0.3) is 10.1 Å². The lowest BCUT2D eigenvalue weighted by Gasteiger charge is -2.24. The second-order valence-corrected chi connectivity index (χ2v) is 7.50. The first-order chi connectivity index (χ1) is 7.89. The molecule has 0 saturated heterocycles. The third-order valence-electron chi connectivity index (χ3n) is 2.31. The van der Waals surface area contributed by atoms with Gasteiger partial charge in [-0.2, -0.15) is 8.42 Å². The molecule has 0 aliphatic heterocycles. The molecule has 0 bridgehead atoms. The lowest BCUT2D eigenvalue weighted by molar-refractivity contribution is 0.140. The highest BCUT2D eigenvalue weighted by Gasteiger charge is 2.40. The molecule has 0 aromatic heterocycles. The van der Waals surface area contributed by atoms with E-state index in [4.69, 9.17) is 17.8 Å². The summed E-state index contributed by atoms with van der Waals surface area (Å²) in [5.41, 5.74) is 0. The van der Waals surface area contributed by atoms with Crippen molar-refractivity contribution in [2.75, 3.05) is 21.3 Å². The maximum atomic E-state index is 10.9. The number of hydrogen-bond donors (Lipinski definition) is 1. The standard InChI is InChI=1S/C9H14O6SSi/c1-13-17(14-2,15-3)9-6-4-8(5-7-9)16(10,11)12/h4-7H,1-3H3,(H,10,11,12). The van der Waals surface area contributed by atoms with Crippen LogP contribution in [-0.4, -0.2) is 43.1 Å². The third kappa shape index (κ3) is 2.92. The van der Waals surface area contributed by atoms with Crippen molar-refractivity contribution in [3.05, 3.63) is 24.3 Å². The molecule has 0 spiro atoms. The van der Waals surface area contributed by atoms with E-state index >= 15 is 0 Å². The Labute approximate surface area is 101 Å². The average Bonchev–Trinajstić information content (AvgIpc) is 2.32. The molecule has 0 amide bonds. The summed E-state index contributed by atoms with van der Waals surface area (Å²) < 4.78 is 46.3. The molecule has 1 rings (SSSR count). The highest BCUT2D eigenvalue weighted by molar-refractivity contribution is 7.85. The lowest BCUT2D eigenvalue weighted by Crippen LogP contribution is -2.54. The largest absolute Gasteiger partial charge is 0.536 e. The molecule has 1 N–H and O–H groups in total. The first-order valence-corrected chi connectivity index (χ1v) is 7.79. The van der Waals surface area contributed by atoms with Crippen molar-refractivity contribution in [1.82, 2.24) is 0 Å². The molecule has 0 heterocycles. The maximum absolute atomic E-state index is 10.9. The molecule has 0 unspecified atom stereocenters. The van der Waals surface area contributed by atoms with Crippen LogP contribution in [0.5, 0.6) is 0 Å². The molecule has 6 nitrogen and oxygen atoms in total. The average molecular weight is 278 g/mol. The Bertz CT molecular complexity index is 456. The molecule has 0 fully saturated rings. The minimum absolute atomic E-state index is 0.188. The first-order valence-electron chi connectivity index (χ1n) is 4.63. The van der Waals surface area contributed by atoms with Crippen LogP contribution in [-0.2, 0) is 23.4 Å². The lowest BCUT2D eigenvalue weighted by atomic mass is 10.4. The Morgan fingerprint density at radius 3 is 1.71 bits per heavy atom. The van der Waals surface area contributed by atoms with Crippen LogP contribution in [0.1, 0.15) is 0 Å². The molecule has 1 aromatic rings. The van der Waals surface area contributed by atoms with Gasteiger partial charge in [-0.05, 0) is 12.1 Å². The van der Waals surface area contributed by atoms with E-state index in [1.165, 1.54) is 45.6 Å². The summed E-state index contributed by atoms with van der Waals surface area (Å²) in [4.78, 5) is -0.188. The predicted molar refractivity (Wildman–Crippen MR) is 62.7 cm³/mol. The fourth-order valence-electron chi connectivity index (χ4n) is 1.43. The van der Waals surface area contributed by atoms with Gasteiger partial charge in [0.2, 0.25) is 0 Å². The number of rotatable bonds is 5. The number of benzene rings is 1. The van der Waals surface area contributed by atoms with E-state index < -0.39 is 18.9 Å². The summed E-state index contributed by atoms with van der Waals surface area (Å²) >= 11 is 0. The molecular formula is C9H14O6SSi. The smallest absolute Gasteiger partial charge is 0.373 e. The Balaban J connectivity index is 3.18. The Morgan fingerprint density at radius 2 is 1.41 bits per heavy atom. The fourth-order valence-corrected chi connectivity index (χ4v) is 3.70. The summed E-state index contributed by atoms with van der Waals surface area (Å²) in [7, 11) is -2.78. The van der Waals surface area contributed by atoms with Gasteiger partial charge in [0.1, 0.15) is 0 Å². The van der Waals surface area contributed by atoms with Gasteiger partial charge in [0, 0.05) is 26.5 Å². The second kappa shape index (κ2) is 5.25. The molecule has 0 radical (unpaired) electrons. The van der Waals surface area contributed by atoms with Crippen molar-refractivity contribution in [2.45, 2.75) is 4.90 Å². The third-order valence-corrected chi connectivity index (χ3v) is 5.83. The minimum atomic E-state index is -4.19. The van der Waals surface area contributed by atoms with Gasteiger partial charge in [-0.3, -0.25) is 4.55 Å². The van der Waals surface area contributed by atoms with E-state index in [0.717, 1.165) is 0 Å². The first kappa shape index (κ1) is 14.3. The van der Waals surface area contributed by atoms with Gasteiger partial charge in [0.05, 0.1) is 4.90 Å². The molecule has 96 valence electrons. The van der Waals surface area contributed by atoms with Gasteiger partial charge < -0.3 is 13.3 Å². The minimum Gasteiger partial charge on any atom is -0.373 e. The second-order valence-electron chi connectivity index (χ2n) is 3.17. The van der Waals surface area contributed by atoms with E-state index in [-0.39, 0.29) is 4.90 Å². The van der Waals surface area contributed by atoms with Crippen LogP contribution in [0.3, 0.4) is 0 Å². The number of hydrogen-bond acceptors (Lipinski definition) is 5. The summed E-state index contributed by atoms with van der Waals surface area (Å²) in [5, 5.41) is 0.609. The van der Waals surface area contributed by atoms with Crippen molar-refractivity contribution in [2.24, 2.45) is 0 Å². The van der Waals surface area contributed by atoms with Crippen LogP contribution in [0, 0.1) is 0 Å². The summed E-state index contributed by atoms with van der Waals surface area (Å²) in [6, 6.07) is 5.52. The van der Waals surface area contributed by atoms with Crippen LogP contribution in [0.2, 0.25) is 0 Å². The molecule has 17 heavy (non-hydrogen) atoms. The Kier molecular flexibility index (Phi) is 4.41. The van der Waals surface area contributed by atoms with Crippen LogP contribution in [0.4, 0.5) is 0 Å². The SMILES string of the molecule is CO[Si](OC)(OC)c1ccc(S(=O)(=O)O)cc1. The van der Waals surface area contributed by atoms with Crippen LogP contribution in [0.25, 0.3) is 0 Å². The topological polar surface area (TPSA) is 82.1 Å². The van der Waals surface area contributed by atoms with Crippen molar-refractivity contribution in [3.8, 4) is 0 Å². The fraction of sp³-hybridized carbons (Fsp3) is 0.333. The monoisotopic (exact) mass is 278 g/mol. The normalized spacial score (nSPS) is 12.7. The van der Waals surface area contributed by atoms with Crippen molar-refractivity contribution in [1.29, 1.82) is 0 Å². The molecule has 0 aliphatic rings. The summed E-state index contributed by atoms with van der Waals surface area (Å²) in [6.07, 6.45) is 0. The molecule has 0 saturated carbocycles. The van der Waals surface area contributed by atoms with E-state index in [0.29, 0.717) is 5.19 Å². The van der Waals surface area contributed by atoms with Gasteiger partial charge in [0.15, 0.2) is 0 Å². The zero-order valence-electron chi connectivity index (χ0n) is 9.71. The molecular weight excluding hydrogens is 264 g/mol. The van der Waals surface area contributed by atoms with Gasteiger partial charge in [-0.1, -0.05) is 12.1 Å². The van der Waals surface area contributed by atoms with E-state index in [1.54, 1.807) is 0 Å². The molecule has 8 heteroatoms. The maximum Gasteiger partial charge on any atom is 0.536 e. The quantitative estimate of drug-likeness (QED) is 0.604. The van der Waals surface area contributed by atoms with Gasteiger partial charge in [-0.15, -0.1) is 0 Å². The van der Waals surface area contributed by atoms with Crippen LogP contribution >= 0.6 is 0 Å². The van der Waals surface area contributed by atoms with Crippen molar-refractivity contribution in [3.63, 3.8) is 0 Å².